The van der Waals surface area contributed by atoms with E-state index < -0.39 is 37.3 Å². The summed E-state index contributed by atoms with van der Waals surface area (Å²) in [6.45, 7) is 1.39. The van der Waals surface area contributed by atoms with E-state index >= 15 is 0 Å². The van der Waals surface area contributed by atoms with Crippen molar-refractivity contribution in [1.29, 1.82) is 0 Å². The number of para-hydroxylation sites is 1. The molecule has 1 aromatic carbocycles. The zero-order valence-corrected chi connectivity index (χ0v) is 13.8. The second-order valence-electron chi connectivity index (χ2n) is 5.61. The highest BCUT2D eigenvalue weighted by Gasteiger charge is 2.44. The van der Waals surface area contributed by atoms with Crippen LogP contribution in [-0.2, 0) is 4.74 Å². The van der Waals surface area contributed by atoms with Gasteiger partial charge in [-0.1, -0.05) is 12.1 Å². The van der Waals surface area contributed by atoms with Gasteiger partial charge in [-0.25, -0.2) is 4.98 Å². The van der Waals surface area contributed by atoms with Gasteiger partial charge in [-0.15, -0.1) is 11.3 Å². The maximum atomic E-state index is 10.1. The minimum atomic E-state index is -1.48. The van der Waals surface area contributed by atoms with Crippen molar-refractivity contribution >= 4 is 11.3 Å². The van der Waals surface area contributed by atoms with Gasteiger partial charge < -0.3 is 29.9 Å². The maximum absolute atomic E-state index is 10.1. The third-order valence-corrected chi connectivity index (χ3v) is 4.82. The number of aliphatic hydroxyl groups excluding tert-OH is 4. The van der Waals surface area contributed by atoms with Gasteiger partial charge in [0.2, 0.25) is 6.29 Å². The van der Waals surface area contributed by atoms with Crippen LogP contribution < -0.4 is 4.74 Å². The van der Waals surface area contributed by atoms with E-state index in [1.54, 1.807) is 12.1 Å². The molecule has 4 N–H and O–H groups in total. The van der Waals surface area contributed by atoms with Crippen LogP contribution in [0.4, 0.5) is 0 Å². The lowest BCUT2D eigenvalue weighted by molar-refractivity contribution is -0.277. The molecule has 8 heteroatoms. The van der Waals surface area contributed by atoms with Crippen molar-refractivity contribution in [2.75, 3.05) is 6.61 Å². The quantitative estimate of drug-likeness (QED) is 0.625. The highest BCUT2D eigenvalue weighted by Crippen LogP contribution is 2.34. The van der Waals surface area contributed by atoms with Crippen LogP contribution in [0.3, 0.4) is 0 Å². The number of aliphatic hydroxyl groups is 4. The lowest BCUT2D eigenvalue weighted by Crippen LogP contribution is -2.60. The Kier molecular flexibility index (Phi) is 5.14. The zero-order valence-electron chi connectivity index (χ0n) is 12.9. The first-order valence-corrected chi connectivity index (χ1v) is 8.38. The molecule has 0 bridgehead atoms. The number of ether oxygens (including phenoxy) is 2. The third-order valence-electron chi connectivity index (χ3n) is 3.83. The summed E-state index contributed by atoms with van der Waals surface area (Å²) in [5, 5.41) is 41.7. The second kappa shape index (κ2) is 7.14. The minimum absolute atomic E-state index is 0.427. The van der Waals surface area contributed by atoms with Crippen molar-refractivity contribution in [2.24, 2.45) is 0 Å². The Hall–Kier alpha value is -1.55. The maximum Gasteiger partial charge on any atom is 0.229 e. The van der Waals surface area contributed by atoms with E-state index in [1.807, 2.05) is 24.4 Å². The smallest absolute Gasteiger partial charge is 0.229 e. The summed E-state index contributed by atoms with van der Waals surface area (Å²) in [6.07, 6.45) is -6.57. The molecule has 1 aliphatic rings. The molecule has 1 aromatic heterocycles. The van der Waals surface area contributed by atoms with Gasteiger partial charge in [-0.2, -0.15) is 0 Å². The Balaban J connectivity index is 1.86. The molecule has 2 aromatic rings. The van der Waals surface area contributed by atoms with E-state index in [9.17, 15) is 20.4 Å². The number of hydrogen-bond acceptors (Lipinski definition) is 8. The fourth-order valence-corrected chi connectivity index (χ4v) is 3.34. The Morgan fingerprint density at radius 3 is 2.58 bits per heavy atom. The average molecular weight is 353 g/mol. The van der Waals surface area contributed by atoms with Gasteiger partial charge >= 0.3 is 0 Å². The molecule has 130 valence electrons. The normalized spacial score (nSPS) is 30.3. The number of aryl methyl sites for hydroxylation is 1. The molecule has 0 aliphatic carbocycles. The van der Waals surface area contributed by atoms with Crippen molar-refractivity contribution in [3.8, 4) is 16.3 Å². The molecule has 5 atom stereocenters. The number of rotatable bonds is 4. The number of aromatic nitrogens is 1. The Morgan fingerprint density at radius 2 is 1.92 bits per heavy atom. The lowest BCUT2D eigenvalue weighted by atomic mass is 9.99. The molecule has 3 rings (SSSR count). The Labute approximate surface area is 142 Å². The van der Waals surface area contributed by atoms with Crippen LogP contribution in [0.2, 0.25) is 0 Å². The van der Waals surface area contributed by atoms with Crippen LogP contribution in [0, 0.1) is 6.92 Å². The van der Waals surface area contributed by atoms with Crippen LogP contribution in [0.1, 0.15) is 5.69 Å². The number of nitrogens with zero attached hydrogens (tertiary/aromatic N) is 1. The number of benzene rings is 1. The van der Waals surface area contributed by atoms with Crippen LogP contribution in [0.25, 0.3) is 10.6 Å². The molecule has 24 heavy (non-hydrogen) atoms. The minimum Gasteiger partial charge on any atom is -0.461 e. The molecule has 7 nitrogen and oxygen atoms in total. The summed E-state index contributed by atoms with van der Waals surface area (Å²) in [5.41, 5.74) is 1.62. The summed E-state index contributed by atoms with van der Waals surface area (Å²) in [5.74, 6) is 0.427. The Bertz CT molecular complexity index is 691. The first kappa shape index (κ1) is 17.3. The van der Waals surface area contributed by atoms with E-state index in [2.05, 4.69) is 4.98 Å². The van der Waals surface area contributed by atoms with Gasteiger partial charge in [0.25, 0.3) is 0 Å². The van der Waals surface area contributed by atoms with Crippen LogP contribution >= 0.6 is 11.3 Å². The van der Waals surface area contributed by atoms with Crippen molar-refractivity contribution in [3.63, 3.8) is 0 Å². The van der Waals surface area contributed by atoms with Crippen molar-refractivity contribution in [1.82, 2.24) is 4.98 Å². The summed E-state index contributed by atoms with van der Waals surface area (Å²) in [6, 6.07) is 7.14. The molecule has 0 spiro atoms. The highest BCUT2D eigenvalue weighted by molar-refractivity contribution is 7.13. The van der Waals surface area contributed by atoms with E-state index in [0.717, 1.165) is 16.3 Å². The molecule has 1 fully saturated rings. The fraction of sp³-hybridized carbons (Fsp3) is 0.438. The summed E-state index contributed by atoms with van der Waals surface area (Å²) < 4.78 is 11.1. The molecule has 0 saturated carbocycles. The van der Waals surface area contributed by atoms with E-state index in [4.69, 9.17) is 9.47 Å². The standard InChI is InChI=1S/C16H19NO6S/c1-8-7-24-15(17-8)9-4-2-3-5-10(9)22-16-14(21)13(20)12(19)11(6-18)23-16/h2-5,7,11-14,16,18-21H,6H2,1H3/t11-,12-,13+,14-,16-/m1/s1. The topological polar surface area (TPSA) is 112 Å². The molecule has 0 amide bonds. The summed E-state index contributed by atoms with van der Waals surface area (Å²) in [4.78, 5) is 4.42. The Morgan fingerprint density at radius 1 is 1.17 bits per heavy atom. The van der Waals surface area contributed by atoms with Crippen molar-refractivity contribution in [2.45, 2.75) is 37.6 Å². The first-order valence-electron chi connectivity index (χ1n) is 7.50. The molecule has 0 radical (unpaired) electrons. The highest BCUT2D eigenvalue weighted by atomic mass is 32.1. The SMILES string of the molecule is Cc1csc(-c2ccccc2O[C@@H]2O[C@H](CO)[C@@H](O)[C@H](O)[C@H]2O)n1. The van der Waals surface area contributed by atoms with Crippen LogP contribution in [0.15, 0.2) is 29.6 Å². The first-order chi connectivity index (χ1) is 11.5. The average Bonchev–Trinajstić information content (AvgIpc) is 3.02. The fourth-order valence-electron chi connectivity index (χ4n) is 2.51. The van der Waals surface area contributed by atoms with Gasteiger partial charge in [0.05, 0.1) is 12.2 Å². The monoisotopic (exact) mass is 353 g/mol. The lowest BCUT2D eigenvalue weighted by Gasteiger charge is -2.39. The number of hydrogen-bond donors (Lipinski definition) is 4. The van der Waals surface area contributed by atoms with Gasteiger partial charge in [0.1, 0.15) is 35.2 Å². The molecule has 2 heterocycles. The number of thiazole rings is 1. The van der Waals surface area contributed by atoms with Crippen molar-refractivity contribution in [3.05, 3.63) is 35.3 Å². The van der Waals surface area contributed by atoms with Gasteiger partial charge in [-0.3, -0.25) is 0 Å². The molecular weight excluding hydrogens is 334 g/mol. The van der Waals surface area contributed by atoms with Crippen LogP contribution in [0.5, 0.6) is 5.75 Å². The van der Waals surface area contributed by atoms with Crippen LogP contribution in [-0.4, -0.2) is 62.7 Å². The molecule has 1 aliphatic heterocycles. The van der Waals surface area contributed by atoms with Crippen molar-refractivity contribution < 1.29 is 29.9 Å². The van der Waals surface area contributed by atoms with E-state index in [-0.39, 0.29) is 0 Å². The summed E-state index contributed by atoms with van der Waals surface area (Å²) >= 11 is 1.46. The predicted octanol–water partition coefficient (Wildman–Crippen LogP) is 0.297. The largest absolute Gasteiger partial charge is 0.461 e. The second-order valence-corrected chi connectivity index (χ2v) is 6.46. The predicted molar refractivity (Wildman–Crippen MR) is 86.7 cm³/mol. The molecule has 0 unspecified atom stereocenters. The van der Waals surface area contributed by atoms with E-state index in [0.29, 0.717) is 5.75 Å². The molecule has 1 saturated heterocycles. The van der Waals surface area contributed by atoms with Gasteiger partial charge in [0.15, 0.2) is 0 Å². The van der Waals surface area contributed by atoms with Gasteiger partial charge in [0, 0.05) is 11.1 Å². The summed E-state index contributed by atoms with van der Waals surface area (Å²) in [7, 11) is 0. The van der Waals surface area contributed by atoms with E-state index in [1.165, 1.54) is 11.3 Å². The third kappa shape index (κ3) is 3.30. The molecular formula is C16H19NO6S. The zero-order chi connectivity index (χ0) is 17.3. The van der Waals surface area contributed by atoms with Gasteiger partial charge in [-0.05, 0) is 19.1 Å².